The average molecular weight is 272 g/mol. The van der Waals surface area contributed by atoms with Crippen molar-refractivity contribution in [3.05, 3.63) is 83.9 Å². The van der Waals surface area contributed by atoms with E-state index in [1.54, 1.807) is 0 Å². The molecule has 0 spiro atoms. The molecule has 0 fully saturated rings. The minimum absolute atomic E-state index is 1.09. The van der Waals surface area contributed by atoms with E-state index in [1.165, 1.54) is 33.4 Å². The summed E-state index contributed by atoms with van der Waals surface area (Å²) in [5.41, 5.74) is 7.91. The van der Waals surface area contributed by atoms with E-state index < -0.39 is 0 Å². The van der Waals surface area contributed by atoms with Gasteiger partial charge < -0.3 is 0 Å². The first-order valence-corrected chi connectivity index (χ1v) is 7.53. The molecule has 0 heterocycles. The Bertz CT molecular complexity index is 739. The lowest BCUT2D eigenvalue weighted by Gasteiger charge is -2.09. The maximum Gasteiger partial charge on any atom is -0.0178 e. The van der Waals surface area contributed by atoms with Crippen LogP contribution in [0.2, 0.25) is 0 Å². The Kier molecular flexibility index (Phi) is 3.87. The fourth-order valence-electron chi connectivity index (χ4n) is 2.78. The van der Waals surface area contributed by atoms with E-state index >= 15 is 0 Å². The Morgan fingerprint density at radius 2 is 1.24 bits per heavy atom. The summed E-state index contributed by atoms with van der Waals surface area (Å²) in [4.78, 5) is 0. The summed E-state index contributed by atoms with van der Waals surface area (Å²) in [7, 11) is 0. The standard InChI is InChI=1S/C21H20/c1-3-17-12-13-21(14-16(17)2)20-11-7-10-19(15-20)18-8-5-4-6-9-18/h4-15H,3H2,1-2H3. The Morgan fingerprint density at radius 1 is 0.619 bits per heavy atom. The normalized spacial score (nSPS) is 10.6. The highest BCUT2D eigenvalue weighted by Gasteiger charge is 2.03. The first-order valence-electron chi connectivity index (χ1n) is 7.53. The van der Waals surface area contributed by atoms with Gasteiger partial charge in [-0.3, -0.25) is 0 Å². The average Bonchev–Trinajstić information content (AvgIpc) is 2.56. The van der Waals surface area contributed by atoms with E-state index in [0.29, 0.717) is 0 Å². The maximum absolute atomic E-state index is 2.29. The third kappa shape index (κ3) is 2.90. The van der Waals surface area contributed by atoms with Crippen LogP contribution in [-0.2, 0) is 6.42 Å². The summed E-state index contributed by atoms with van der Waals surface area (Å²) in [6, 6.07) is 26.1. The zero-order valence-electron chi connectivity index (χ0n) is 12.6. The molecule has 3 aromatic carbocycles. The molecular formula is C21H20. The van der Waals surface area contributed by atoms with Crippen LogP contribution in [0.3, 0.4) is 0 Å². The van der Waals surface area contributed by atoms with Gasteiger partial charge in [-0.2, -0.15) is 0 Å². The highest BCUT2D eigenvalue weighted by molar-refractivity contribution is 5.73. The molecule has 3 aromatic rings. The van der Waals surface area contributed by atoms with Crippen molar-refractivity contribution >= 4 is 0 Å². The maximum atomic E-state index is 2.29. The van der Waals surface area contributed by atoms with Crippen molar-refractivity contribution in [2.24, 2.45) is 0 Å². The van der Waals surface area contributed by atoms with E-state index in [1.807, 2.05) is 0 Å². The Balaban J connectivity index is 2.02. The van der Waals surface area contributed by atoms with Crippen molar-refractivity contribution in [3.63, 3.8) is 0 Å². The lowest BCUT2D eigenvalue weighted by molar-refractivity contribution is 1.11. The fourth-order valence-corrected chi connectivity index (χ4v) is 2.78. The summed E-state index contributed by atoms with van der Waals surface area (Å²) < 4.78 is 0. The van der Waals surface area contributed by atoms with Crippen LogP contribution in [-0.4, -0.2) is 0 Å². The molecular weight excluding hydrogens is 252 g/mol. The molecule has 0 aliphatic carbocycles. The molecule has 0 aliphatic heterocycles. The third-order valence-corrected chi connectivity index (χ3v) is 4.03. The molecule has 0 aromatic heterocycles. The molecule has 0 bridgehead atoms. The van der Waals surface area contributed by atoms with Crippen LogP contribution in [0.4, 0.5) is 0 Å². The lowest BCUT2D eigenvalue weighted by atomic mass is 9.96. The SMILES string of the molecule is CCc1ccc(-c2cccc(-c3ccccc3)c2)cc1C. The van der Waals surface area contributed by atoms with Gasteiger partial charge in [-0.15, -0.1) is 0 Å². The molecule has 0 heteroatoms. The first-order chi connectivity index (χ1) is 10.3. The van der Waals surface area contributed by atoms with E-state index in [4.69, 9.17) is 0 Å². The van der Waals surface area contributed by atoms with Gasteiger partial charge in [-0.05, 0) is 52.8 Å². The van der Waals surface area contributed by atoms with Gasteiger partial charge in [-0.25, -0.2) is 0 Å². The number of aryl methyl sites for hydroxylation is 2. The van der Waals surface area contributed by atoms with Gasteiger partial charge in [0.05, 0.1) is 0 Å². The quantitative estimate of drug-likeness (QED) is 0.557. The van der Waals surface area contributed by atoms with Crippen molar-refractivity contribution in [1.29, 1.82) is 0 Å². The summed E-state index contributed by atoms with van der Waals surface area (Å²) in [6.07, 6.45) is 1.09. The van der Waals surface area contributed by atoms with Gasteiger partial charge in [0.15, 0.2) is 0 Å². The van der Waals surface area contributed by atoms with Gasteiger partial charge in [0.25, 0.3) is 0 Å². The van der Waals surface area contributed by atoms with Crippen LogP contribution in [0.15, 0.2) is 72.8 Å². The van der Waals surface area contributed by atoms with Gasteiger partial charge >= 0.3 is 0 Å². The Morgan fingerprint density at radius 3 is 1.90 bits per heavy atom. The molecule has 0 saturated carbocycles. The molecule has 0 atom stereocenters. The van der Waals surface area contributed by atoms with Crippen LogP contribution in [0.1, 0.15) is 18.1 Å². The Hall–Kier alpha value is -2.34. The molecule has 0 saturated heterocycles. The highest BCUT2D eigenvalue weighted by atomic mass is 14.1. The molecule has 0 unspecified atom stereocenters. The monoisotopic (exact) mass is 272 g/mol. The molecule has 0 amide bonds. The van der Waals surface area contributed by atoms with Crippen molar-refractivity contribution < 1.29 is 0 Å². The zero-order chi connectivity index (χ0) is 14.7. The van der Waals surface area contributed by atoms with Crippen molar-refractivity contribution in [3.8, 4) is 22.3 Å². The number of rotatable bonds is 3. The second-order valence-electron chi connectivity index (χ2n) is 5.44. The summed E-state index contributed by atoms with van der Waals surface area (Å²) >= 11 is 0. The lowest BCUT2D eigenvalue weighted by Crippen LogP contribution is -1.88. The number of hydrogen-bond acceptors (Lipinski definition) is 0. The van der Waals surface area contributed by atoms with Crippen LogP contribution in [0.25, 0.3) is 22.3 Å². The molecule has 21 heavy (non-hydrogen) atoms. The van der Waals surface area contributed by atoms with Crippen molar-refractivity contribution in [2.45, 2.75) is 20.3 Å². The van der Waals surface area contributed by atoms with Gasteiger partial charge in [-0.1, -0.05) is 73.7 Å². The molecule has 0 aliphatic rings. The Labute approximate surface area is 127 Å². The van der Waals surface area contributed by atoms with Crippen molar-refractivity contribution in [2.75, 3.05) is 0 Å². The minimum atomic E-state index is 1.09. The van der Waals surface area contributed by atoms with Crippen LogP contribution in [0, 0.1) is 6.92 Å². The van der Waals surface area contributed by atoms with Crippen LogP contribution < -0.4 is 0 Å². The van der Waals surface area contributed by atoms with Gasteiger partial charge in [0.1, 0.15) is 0 Å². The van der Waals surface area contributed by atoms with E-state index in [0.717, 1.165) is 6.42 Å². The van der Waals surface area contributed by atoms with Gasteiger partial charge in [0.2, 0.25) is 0 Å². The van der Waals surface area contributed by atoms with Crippen LogP contribution >= 0.6 is 0 Å². The van der Waals surface area contributed by atoms with Gasteiger partial charge in [0, 0.05) is 0 Å². The number of benzene rings is 3. The second-order valence-corrected chi connectivity index (χ2v) is 5.44. The molecule has 0 N–H and O–H groups in total. The van der Waals surface area contributed by atoms with E-state index in [9.17, 15) is 0 Å². The van der Waals surface area contributed by atoms with Crippen molar-refractivity contribution in [1.82, 2.24) is 0 Å². The summed E-state index contributed by atoms with van der Waals surface area (Å²) in [6.45, 7) is 4.40. The largest absolute Gasteiger partial charge is 0.0622 e. The summed E-state index contributed by atoms with van der Waals surface area (Å²) in [5, 5.41) is 0. The minimum Gasteiger partial charge on any atom is -0.0622 e. The molecule has 0 nitrogen and oxygen atoms in total. The second kappa shape index (κ2) is 5.97. The van der Waals surface area contributed by atoms with E-state index in [2.05, 4.69) is 86.6 Å². The first kappa shape index (κ1) is 13.6. The molecule has 104 valence electrons. The predicted molar refractivity (Wildman–Crippen MR) is 91.4 cm³/mol. The van der Waals surface area contributed by atoms with E-state index in [-0.39, 0.29) is 0 Å². The predicted octanol–water partition coefficient (Wildman–Crippen LogP) is 5.89. The highest BCUT2D eigenvalue weighted by Crippen LogP contribution is 2.27. The number of hydrogen-bond donors (Lipinski definition) is 0. The zero-order valence-corrected chi connectivity index (χ0v) is 12.6. The smallest absolute Gasteiger partial charge is 0.0178 e. The fraction of sp³-hybridized carbons (Fsp3) is 0.143. The topological polar surface area (TPSA) is 0 Å². The van der Waals surface area contributed by atoms with Crippen LogP contribution in [0.5, 0.6) is 0 Å². The summed E-state index contributed by atoms with van der Waals surface area (Å²) in [5.74, 6) is 0. The molecule has 3 rings (SSSR count). The molecule has 0 radical (unpaired) electrons. The third-order valence-electron chi connectivity index (χ3n) is 4.03.